The molecule has 0 unspecified atom stereocenters. The summed E-state index contributed by atoms with van der Waals surface area (Å²) in [6.07, 6.45) is 2.04. The fraction of sp³-hybridized carbons (Fsp3) is 0.308. The van der Waals surface area contributed by atoms with Gasteiger partial charge in [0.15, 0.2) is 5.78 Å². The fourth-order valence-electron chi connectivity index (χ4n) is 4.58. The van der Waals surface area contributed by atoms with Crippen molar-refractivity contribution in [3.63, 3.8) is 0 Å². The number of halogens is 2. The van der Waals surface area contributed by atoms with Crippen LogP contribution in [-0.4, -0.2) is 44.9 Å². The summed E-state index contributed by atoms with van der Waals surface area (Å²) in [5, 5.41) is 0. The molecule has 1 atom stereocenters. The van der Waals surface area contributed by atoms with Gasteiger partial charge in [-0.15, -0.1) is 0 Å². The van der Waals surface area contributed by atoms with Crippen LogP contribution >= 0.6 is 0 Å². The summed E-state index contributed by atoms with van der Waals surface area (Å²) < 4.78 is 28.7. The zero-order chi connectivity index (χ0) is 26.7. The molecule has 4 N–H and O–H groups in total. The van der Waals surface area contributed by atoms with E-state index in [0.717, 1.165) is 22.0 Å². The number of anilines is 1. The lowest BCUT2D eigenvalue weighted by Crippen LogP contribution is -2.51. The van der Waals surface area contributed by atoms with Gasteiger partial charge in [-0.25, -0.2) is 13.6 Å². The first kappa shape index (κ1) is 26.0. The van der Waals surface area contributed by atoms with Crippen molar-refractivity contribution >= 4 is 17.5 Å². The van der Waals surface area contributed by atoms with Crippen LogP contribution in [0.4, 0.5) is 14.6 Å². The van der Waals surface area contributed by atoms with Crippen LogP contribution in [-0.2, 0) is 17.9 Å². The van der Waals surface area contributed by atoms with E-state index in [1.807, 2.05) is 0 Å². The van der Waals surface area contributed by atoms with E-state index in [0.29, 0.717) is 24.1 Å². The lowest BCUT2D eigenvalue weighted by atomic mass is 10.0. The molecule has 1 aliphatic heterocycles. The average molecular weight is 512 g/mol. The first-order valence-electron chi connectivity index (χ1n) is 11.8. The molecule has 3 aromatic rings. The number of amides is 1. The summed E-state index contributed by atoms with van der Waals surface area (Å²) in [4.78, 5) is 53.8. The first-order valence-corrected chi connectivity index (χ1v) is 11.8. The van der Waals surface area contributed by atoms with Crippen molar-refractivity contribution in [2.24, 2.45) is 5.73 Å². The monoisotopic (exact) mass is 511 g/mol. The van der Waals surface area contributed by atoms with E-state index in [1.165, 1.54) is 48.5 Å². The second-order valence-electron chi connectivity index (χ2n) is 9.08. The number of carbonyl (C=O) groups is 2. The molecular weight excluding hydrogens is 484 g/mol. The summed E-state index contributed by atoms with van der Waals surface area (Å²) in [5.74, 6) is -2.49. The second kappa shape index (κ2) is 10.9. The third-order valence-electron chi connectivity index (χ3n) is 6.54. The molecule has 194 valence electrons. The normalized spacial score (nSPS) is 16.0. The number of hydrogen-bond acceptors (Lipinski definition) is 6. The number of benzene rings is 2. The molecule has 4 rings (SSSR count). The molecule has 0 saturated carbocycles. The fourth-order valence-corrected chi connectivity index (χ4v) is 4.58. The zero-order valence-corrected chi connectivity index (χ0v) is 20.0. The smallest absolute Gasteiger partial charge is 0.333 e. The molecule has 1 aliphatic rings. The van der Waals surface area contributed by atoms with Crippen molar-refractivity contribution in [1.29, 1.82) is 0 Å². The van der Waals surface area contributed by atoms with Crippen LogP contribution in [0.5, 0.6) is 0 Å². The van der Waals surface area contributed by atoms with E-state index < -0.39 is 46.2 Å². The number of primary amides is 1. The molecule has 0 aliphatic carbocycles. The number of aromatic nitrogens is 2. The molecule has 0 bridgehead atoms. The minimum atomic E-state index is -0.889. The molecular formula is C26H27F2N5O4. The number of nitrogens with zero attached hydrogens (tertiary/aromatic N) is 3. The van der Waals surface area contributed by atoms with Crippen LogP contribution in [0.15, 0.2) is 58.1 Å². The van der Waals surface area contributed by atoms with Crippen LogP contribution < -0.4 is 22.7 Å². The maximum Gasteiger partial charge on any atom is 0.333 e. The number of hydrogen-bond donors (Lipinski definition) is 2. The molecule has 9 nitrogen and oxygen atoms in total. The van der Waals surface area contributed by atoms with Gasteiger partial charge in [0.2, 0.25) is 5.91 Å². The summed E-state index contributed by atoms with van der Waals surface area (Å²) in [6, 6.07) is 9.96. The Kier molecular flexibility index (Phi) is 7.63. The summed E-state index contributed by atoms with van der Waals surface area (Å²) in [6.45, 7) is -0.186. The minimum Gasteiger partial charge on any atom is -0.384 e. The lowest BCUT2D eigenvalue weighted by molar-refractivity contribution is -0.124. The maximum absolute atomic E-state index is 13.4. The molecule has 37 heavy (non-hydrogen) atoms. The number of piperidine rings is 1. The highest BCUT2D eigenvalue weighted by atomic mass is 19.1. The third kappa shape index (κ3) is 5.67. The van der Waals surface area contributed by atoms with Crippen LogP contribution in [0.1, 0.15) is 40.7 Å². The van der Waals surface area contributed by atoms with E-state index in [4.69, 9.17) is 11.5 Å². The number of Topliss-reactive ketones (excluding diaryl/α,β-unsaturated/α-hetero) is 1. The van der Waals surface area contributed by atoms with Gasteiger partial charge in [-0.2, -0.15) is 0 Å². The SMILES string of the molecule is NC(=O)[C@H]1CCCCN1CC(=O)c1c(N)n(Cc2ccc(F)cc2)c(=O)n(Cc2ccc(F)cc2)c1=O. The van der Waals surface area contributed by atoms with Crippen molar-refractivity contribution in [2.75, 3.05) is 18.8 Å². The van der Waals surface area contributed by atoms with Crippen LogP contribution in [0.25, 0.3) is 0 Å². The van der Waals surface area contributed by atoms with E-state index in [-0.39, 0.29) is 25.5 Å². The Hall–Kier alpha value is -4.12. The molecule has 2 heterocycles. The topological polar surface area (TPSA) is 133 Å². The van der Waals surface area contributed by atoms with Gasteiger partial charge in [0, 0.05) is 0 Å². The quantitative estimate of drug-likeness (QED) is 0.440. The predicted octanol–water partition coefficient (Wildman–Crippen LogP) is 1.49. The number of likely N-dealkylation sites (tertiary alicyclic amines) is 1. The van der Waals surface area contributed by atoms with Crippen LogP contribution in [0.3, 0.4) is 0 Å². The molecule has 0 spiro atoms. The predicted molar refractivity (Wildman–Crippen MR) is 133 cm³/mol. The number of nitrogens with two attached hydrogens (primary N) is 2. The molecule has 1 aromatic heterocycles. The Balaban J connectivity index is 1.79. The molecule has 11 heteroatoms. The Bertz CT molecular complexity index is 1430. The van der Waals surface area contributed by atoms with Gasteiger partial charge in [0.25, 0.3) is 5.56 Å². The largest absolute Gasteiger partial charge is 0.384 e. The summed E-state index contributed by atoms with van der Waals surface area (Å²) in [5.41, 5.74) is 10.7. The van der Waals surface area contributed by atoms with Gasteiger partial charge < -0.3 is 11.5 Å². The standard InChI is InChI=1S/C26H27F2N5O4/c27-18-8-4-16(5-9-18)13-32-23(29)22(21(34)15-31-12-2-1-3-20(31)24(30)35)25(36)33(26(32)37)14-17-6-10-19(28)11-7-17/h4-11,20H,1-3,12-15,29H2,(H2,30,35)/t20-/m1/s1. The number of ketones is 1. The van der Waals surface area contributed by atoms with Gasteiger partial charge in [-0.1, -0.05) is 30.7 Å². The Morgan fingerprint density at radius 2 is 1.41 bits per heavy atom. The van der Waals surface area contributed by atoms with Crippen molar-refractivity contribution in [3.05, 3.63) is 97.7 Å². The summed E-state index contributed by atoms with van der Waals surface area (Å²) in [7, 11) is 0. The highest BCUT2D eigenvalue weighted by molar-refractivity contribution is 6.01. The number of carbonyl (C=O) groups excluding carboxylic acids is 2. The van der Waals surface area contributed by atoms with Crippen molar-refractivity contribution in [2.45, 2.75) is 38.4 Å². The van der Waals surface area contributed by atoms with Crippen molar-refractivity contribution in [3.8, 4) is 0 Å². The Morgan fingerprint density at radius 3 is 1.95 bits per heavy atom. The third-order valence-corrected chi connectivity index (χ3v) is 6.54. The van der Waals surface area contributed by atoms with Crippen LogP contribution in [0.2, 0.25) is 0 Å². The van der Waals surface area contributed by atoms with Crippen molar-refractivity contribution < 1.29 is 18.4 Å². The molecule has 1 saturated heterocycles. The van der Waals surface area contributed by atoms with E-state index >= 15 is 0 Å². The molecule has 1 fully saturated rings. The minimum absolute atomic E-state index is 0.122. The van der Waals surface area contributed by atoms with Gasteiger partial charge >= 0.3 is 5.69 Å². The highest BCUT2D eigenvalue weighted by Gasteiger charge is 2.31. The van der Waals surface area contributed by atoms with E-state index in [9.17, 15) is 28.0 Å². The molecule has 0 radical (unpaired) electrons. The first-order chi connectivity index (χ1) is 17.7. The van der Waals surface area contributed by atoms with E-state index in [1.54, 1.807) is 4.90 Å². The van der Waals surface area contributed by atoms with Gasteiger partial charge in [-0.3, -0.25) is 28.4 Å². The maximum atomic E-state index is 13.4. The lowest BCUT2D eigenvalue weighted by Gasteiger charge is -2.33. The van der Waals surface area contributed by atoms with Gasteiger partial charge in [0.1, 0.15) is 23.0 Å². The Labute approximate surface area is 210 Å². The van der Waals surface area contributed by atoms with Crippen LogP contribution in [0, 0.1) is 11.6 Å². The number of rotatable bonds is 8. The summed E-state index contributed by atoms with van der Waals surface area (Å²) >= 11 is 0. The molecule has 2 aromatic carbocycles. The second-order valence-corrected chi connectivity index (χ2v) is 9.08. The van der Waals surface area contributed by atoms with Crippen molar-refractivity contribution in [1.82, 2.24) is 14.0 Å². The van der Waals surface area contributed by atoms with Gasteiger partial charge in [0.05, 0.1) is 25.7 Å². The van der Waals surface area contributed by atoms with E-state index in [2.05, 4.69) is 0 Å². The highest BCUT2D eigenvalue weighted by Crippen LogP contribution is 2.18. The Morgan fingerprint density at radius 1 is 0.865 bits per heavy atom. The average Bonchev–Trinajstić information content (AvgIpc) is 2.87. The van der Waals surface area contributed by atoms with Gasteiger partial charge in [-0.05, 0) is 54.8 Å². The molecule has 1 amide bonds. The number of nitrogen functional groups attached to an aromatic ring is 1. The zero-order valence-electron chi connectivity index (χ0n) is 20.0.